The second-order valence-electron chi connectivity index (χ2n) is 13.3. The molecule has 14 heteroatoms. The molecule has 2 saturated heterocycles. The lowest BCUT2D eigenvalue weighted by Gasteiger charge is -2.34. The van der Waals surface area contributed by atoms with Crippen LogP contribution in [0, 0.1) is 0 Å². The third kappa shape index (κ3) is 10.7. The number of hydrogen-bond acceptors (Lipinski definition) is 10. The smallest absolute Gasteiger partial charge is 0.359 e. The largest absolute Gasteiger partial charge is 0.455 e. The normalized spacial score (nSPS) is 15.8. The molecule has 1 N–H and O–H groups in total. The predicted octanol–water partition coefficient (Wildman–Crippen LogP) is 3.34. The number of esters is 2. The molecule has 2 aliphatic heterocycles. The standard InChI is InChI=1S/C20H26N4O3.C13H20N4O3/c1-20(2,3)27-18(25)17-9-10-24(21-17)19(26)23-13-11-22(12-14-23)15-16-7-5-4-6-8-16;1-13(2,3)20-11(18)10-4-7-17(15-10)12(19)16-8-5-14-6-9-16/h4-10H,11-15H2,1-3H3;4,7,14H,5-6,8-9H2,1-3H3. The minimum Gasteiger partial charge on any atom is -0.455 e. The highest BCUT2D eigenvalue weighted by Gasteiger charge is 2.26. The average Bonchev–Trinajstić information content (AvgIpc) is 3.72. The van der Waals surface area contributed by atoms with Gasteiger partial charge in [0.1, 0.15) is 11.2 Å². The molecule has 0 spiro atoms. The molecule has 4 heterocycles. The molecular formula is C33H46N8O6. The van der Waals surface area contributed by atoms with Crippen molar-refractivity contribution in [3.05, 3.63) is 71.8 Å². The third-order valence-electron chi connectivity index (χ3n) is 7.07. The number of nitrogens with zero attached hydrogens (tertiary/aromatic N) is 7. The highest BCUT2D eigenvalue weighted by atomic mass is 16.6. The Balaban J connectivity index is 0.000000223. The van der Waals surface area contributed by atoms with E-state index < -0.39 is 23.1 Å². The monoisotopic (exact) mass is 650 g/mol. The van der Waals surface area contributed by atoms with Gasteiger partial charge in [0, 0.05) is 71.3 Å². The fourth-order valence-electron chi connectivity index (χ4n) is 4.82. The second-order valence-corrected chi connectivity index (χ2v) is 13.3. The van der Waals surface area contributed by atoms with Crippen LogP contribution >= 0.6 is 0 Å². The van der Waals surface area contributed by atoms with Crippen LogP contribution in [0.25, 0.3) is 0 Å². The van der Waals surface area contributed by atoms with Crippen LogP contribution in [0.15, 0.2) is 54.9 Å². The van der Waals surface area contributed by atoms with Crippen molar-refractivity contribution in [2.75, 3.05) is 52.4 Å². The Morgan fingerprint density at radius 1 is 0.660 bits per heavy atom. The van der Waals surface area contributed by atoms with Crippen LogP contribution in [0.3, 0.4) is 0 Å². The van der Waals surface area contributed by atoms with E-state index in [-0.39, 0.29) is 23.5 Å². The number of carbonyl (C=O) groups excluding carboxylic acids is 4. The van der Waals surface area contributed by atoms with E-state index in [9.17, 15) is 19.2 Å². The van der Waals surface area contributed by atoms with Gasteiger partial charge in [0.15, 0.2) is 11.4 Å². The minimum absolute atomic E-state index is 0.140. The van der Waals surface area contributed by atoms with Gasteiger partial charge in [0.25, 0.3) is 0 Å². The number of amides is 2. The molecule has 254 valence electrons. The molecule has 47 heavy (non-hydrogen) atoms. The summed E-state index contributed by atoms with van der Waals surface area (Å²) in [6.45, 7) is 17.3. The van der Waals surface area contributed by atoms with Gasteiger partial charge in [0.2, 0.25) is 0 Å². The molecule has 0 unspecified atom stereocenters. The molecule has 3 aromatic rings. The maximum Gasteiger partial charge on any atom is 0.359 e. The average molecular weight is 651 g/mol. The summed E-state index contributed by atoms with van der Waals surface area (Å²) in [5, 5.41) is 11.3. The first kappa shape index (κ1) is 35.3. The van der Waals surface area contributed by atoms with Crippen molar-refractivity contribution in [1.82, 2.24) is 39.6 Å². The van der Waals surface area contributed by atoms with Gasteiger partial charge in [-0.3, -0.25) is 4.90 Å². The van der Waals surface area contributed by atoms with E-state index in [1.165, 1.54) is 39.5 Å². The highest BCUT2D eigenvalue weighted by molar-refractivity contribution is 5.89. The van der Waals surface area contributed by atoms with Crippen LogP contribution in [0.4, 0.5) is 9.59 Å². The van der Waals surface area contributed by atoms with Crippen LogP contribution in [0.1, 0.15) is 68.1 Å². The van der Waals surface area contributed by atoms with Gasteiger partial charge in [-0.2, -0.15) is 19.6 Å². The summed E-state index contributed by atoms with van der Waals surface area (Å²) < 4.78 is 12.9. The van der Waals surface area contributed by atoms with Gasteiger partial charge in [-0.25, -0.2) is 19.2 Å². The topological polar surface area (TPSA) is 144 Å². The number of carbonyl (C=O) groups is 4. The number of rotatable bonds is 4. The molecular weight excluding hydrogens is 604 g/mol. The zero-order chi connectivity index (χ0) is 34.2. The fourth-order valence-corrected chi connectivity index (χ4v) is 4.82. The SMILES string of the molecule is CC(C)(C)OC(=O)c1ccn(C(=O)N2CCN(Cc3ccccc3)CC2)n1.CC(C)(C)OC(=O)c1ccn(C(=O)N2CCNCC2)n1. The molecule has 0 aliphatic carbocycles. The Morgan fingerprint density at radius 3 is 1.55 bits per heavy atom. The van der Waals surface area contributed by atoms with Crippen molar-refractivity contribution in [3.63, 3.8) is 0 Å². The Kier molecular flexibility index (Phi) is 11.5. The van der Waals surface area contributed by atoms with Crippen molar-refractivity contribution in [2.24, 2.45) is 0 Å². The Morgan fingerprint density at radius 2 is 1.11 bits per heavy atom. The zero-order valence-corrected chi connectivity index (χ0v) is 28.1. The molecule has 2 fully saturated rings. The van der Waals surface area contributed by atoms with Gasteiger partial charge < -0.3 is 24.6 Å². The van der Waals surface area contributed by atoms with Crippen LogP contribution < -0.4 is 5.32 Å². The first-order valence-corrected chi connectivity index (χ1v) is 15.8. The minimum atomic E-state index is -0.597. The van der Waals surface area contributed by atoms with Crippen molar-refractivity contribution in [2.45, 2.75) is 59.3 Å². The summed E-state index contributed by atoms with van der Waals surface area (Å²) in [6.07, 6.45) is 3.00. The van der Waals surface area contributed by atoms with Gasteiger partial charge in [0.05, 0.1) is 0 Å². The van der Waals surface area contributed by atoms with Gasteiger partial charge >= 0.3 is 24.0 Å². The van der Waals surface area contributed by atoms with E-state index in [0.717, 1.165) is 32.7 Å². The fraction of sp³-hybridized carbons (Fsp3) is 0.515. The Hall–Kier alpha value is -4.56. The number of aromatic nitrogens is 4. The molecule has 5 rings (SSSR count). The molecule has 0 radical (unpaired) electrons. The number of nitrogens with one attached hydrogen (secondary N) is 1. The first-order valence-electron chi connectivity index (χ1n) is 15.8. The predicted molar refractivity (Wildman–Crippen MR) is 174 cm³/mol. The molecule has 0 atom stereocenters. The van der Waals surface area contributed by atoms with E-state index in [4.69, 9.17) is 9.47 Å². The van der Waals surface area contributed by atoms with E-state index in [0.29, 0.717) is 26.2 Å². The van der Waals surface area contributed by atoms with E-state index in [2.05, 4.69) is 32.5 Å². The van der Waals surface area contributed by atoms with Crippen molar-refractivity contribution >= 4 is 24.0 Å². The van der Waals surface area contributed by atoms with E-state index in [1.807, 2.05) is 18.2 Å². The second kappa shape index (κ2) is 15.4. The van der Waals surface area contributed by atoms with Crippen LogP contribution in [-0.2, 0) is 16.0 Å². The van der Waals surface area contributed by atoms with Crippen LogP contribution in [0.2, 0.25) is 0 Å². The van der Waals surface area contributed by atoms with E-state index >= 15 is 0 Å². The summed E-state index contributed by atoms with van der Waals surface area (Å²) >= 11 is 0. The molecule has 2 aliphatic rings. The Bertz CT molecular complexity index is 1510. The quantitative estimate of drug-likeness (QED) is 0.418. The molecule has 14 nitrogen and oxygen atoms in total. The maximum atomic E-state index is 12.6. The van der Waals surface area contributed by atoms with Crippen molar-refractivity contribution in [1.29, 1.82) is 0 Å². The summed E-state index contributed by atoms with van der Waals surface area (Å²) in [6, 6.07) is 12.9. The van der Waals surface area contributed by atoms with Crippen molar-refractivity contribution < 1.29 is 28.7 Å². The molecule has 1 aromatic carbocycles. The lowest BCUT2D eigenvalue weighted by atomic mass is 10.2. The highest BCUT2D eigenvalue weighted by Crippen LogP contribution is 2.13. The van der Waals surface area contributed by atoms with E-state index in [1.54, 1.807) is 51.3 Å². The first-order chi connectivity index (χ1) is 22.2. The lowest BCUT2D eigenvalue weighted by molar-refractivity contribution is 0.00498. The van der Waals surface area contributed by atoms with Gasteiger partial charge in [-0.15, -0.1) is 0 Å². The number of hydrogen-bond donors (Lipinski definition) is 1. The molecule has 2 amide bonds. The van der Waals surface area contributed by atoms with Crippen LogP contribution in [-0.4, -0.2) is 122 Å². The number of piperazine rings is 2. The molecule has 0 saturated carbocycles. The number of ether oxygens (including phenoxy) is 2. The Labute approximate surface area is 275 Å². The molecule has 0 bridgehead atoms. The van der Waals surface area contributed by atoms with Crippen LogP contribution in [0.5, 0.6) is 0 Å². The maximum absolute atomic E-state index is 12.6. The lowest BCUT2D eigenvalue weighted by Crippen LogP contribution is -2.49. The summed E-state index contributed by atoms with van der Waals surface area (Å²) in [4.78, 5) is 54.5. The molecule has 2 aromatic heterocycles. The summed E-state index contributed by atoms with van der Waals surface area (Å²) in [7, 11) is 0. The summed E-state index contributed by atoms with van der Waals surface area (Å²) in [5.41, 5.74) is 0.374. The number of benzene rings is 1. The van der Waals surface area contributed by atoms with Gasteiger partial charge in [-0.05, 0) is 59.2 Å². The third-order valence-corrected chi connectivity index (χ3v) is 7.07. The van der Waals surface area contributed by atoms with Gasteiger partial charge in [-0.1, -0.05) is 30.3 Å². The van der Waals surface area contributed by atoms with Crippen molar-refractivity contribution in [3.8, 4) is 0 Å². The summed E-state index contributed by atoms with van der Waals surface area (Å²) in [5.74, 6) is -1.05. The zero-order valence-electron chi connectivity index (χ0n) is 28.1.